The molecule has 3 aromatic rings. The largest absolute Gasteiger partial charge is 0.361 e. The second-order valence-electron chi connectivity index (χ2n) is 5.23. The summed E-state index contributed by atoms with van der Waals surface area (Å²) < 4.78 is 5.11. The van der Waals surface area contributed by atoms with Crippen molar-refractivity contribution in [3.63, 3.8) is 0 Å². The van der Waals surface area contributed by atoms with Gasteiger partial charge in [0, 0.05) is 23.6 Å². The van der Waals surface area contributed by atoms with Gasteiger partial charge < -0.3 is 9.84 Å². The van der Waals surface area contributed by atoms with Crippen molar-refractivity contribution in [2.75, 3.05) is 5.32 Å². The minimum atomic E-state index is -0.0434. The summed E-state index contributed by atoms with van der Waals surface area (Å²) >= 11 is 0. The number of aryl methyl sites for hydroxylation is 2. The van der Waals surface area contributed by atoms with E-state index in [1.54, 1.807) is 6.20 Å². The van der Waals surface area contributed by atoms with E-state index in [0.29, 0.717) is 12.8 Å². The molecule has 1 N–H and O–H groups in total. The van der Waals surface area contributed by atoms with Gasteiger partial charge in [-0.1, -0.05) is 23.4 Å². The van der Waals surface area contributed by atoms with Crippen molar-refractivity contribution in [3.8, 4) is 0 Å². The standard InChI is InChI=1S/C17H17N3O2/c1-11-14(12(2)22-20-11)8-9-16(21)19-15-7-3-5-13-6-4-10-18-17(13)15/h3-7,10H,8-9H2,1-2H3,(H,19,21). The van der Waals surface area contributed by atoms with Crippen LogP contribution in [0.4, 0.5) is 5.69 Å². The number of hydrogen-bond acceptors (Lipinski definition) is 4. The van der Waals surface area contributed by atoms with Crippen molar-refractivity contribution >= 4 is 22.5 Å². The molecule has 2 aromatic heterocycles. The van der Waals surface area contributed by atoms with E-state index in [0.717, 1.165) is 33.6 Å². The number of aromatic nitrogens is 2. The van der Waals surface area contributed by atoms with Crippen LogP contribution in [0, 0.1) is 13.8 Å². The molecule has 3 rings (SSSR count). The minimum Gasteiger partial charge on any atom is -0.361 e. The average Bonchev–Trinajstić information content (AvgIpc) is 2.84. The maximum absolute atomic E-state index is 12.2. The minimum absolute atomic E-state index is 0.0434. The van der Waals surface area contributed by atoms with Crippen LogP contribution >= 0.6 is 0 Å². The second kappa shape index (κ2) is 5.97. The monoisotopic (exact) mass is 295 g/mol. The molecule has 1 aromatic carbocycles. The van der Waals surface area contributed by atoms with E-state index in [-0.39, 0.29) is 5.91 Å². The Morgan fingerprint density at radius 1 is 1.23 bits per heavy atom. The van der Waals surface area contributed by atoms with Gasteiger partial charge in [-0.2, -0.15) is 0 Å². The molecule has 2 heterocycles. The number of fused-ring (bicyclic) bond motifs is 1. The van der Waals surface area contributed by atoms with Crippen molar-refractivity contribution in [3.05, 3.63) is 53.5 Å². The van der Waals surface area contributed by atoms with Crippen molar-refractivity contribution in [1.29, 1.82) is 0 Å². The number of carbonyl (C=O) groups is 1. The Kier molecular flexibility index (Phi) is 3.87. The summed E-state index contributed by atoms with van der Waals surface area (Å²) in [5.74, 6) is 0.732. The maximum Gasteiger partial charge on any atom is 0.224 e. The quantitative estimate of drug-likeness (QED) is 0.801. The van der Waals surface area contributed by atoms with Gasteiger partial charge in [0.25, 0.3) is 0 Å². The lowest BCUT2D eigenvalue weighted by Gasteiger charge is -2.07. The summed E-state index contributed by atoms with van der Waals surface area (Å²) in [5.41, 5.74) is 3.39. The number of hydrogen-bond donors (Lipinski definition) is 1. The van der Waals surface area contributed by atoms with Crippen LogP contribution in [-0.2, 0) is 11.2 Å². The number of carbonyl (C=O) groups excluding carboxylic acids is 1. The Bertz CT molecular complexity index is 799. The van der Waals surface area contributed by atoms with Crippen LogP contribution < -0.4 is 5.32 Å². The number of rotatable bonds is 4. The Labute approximate surface area is 128 Å². The molecule has 0 aliphatic heterocycles. The van der Waals surface area contributed by atoms with Gasteiger partial charge in [-0.25, -0.2) is 0 Å². The van der Waals surface area contributed by atoms with E-state index < -0.39 is 0 Å². The molecule has 0 fully saturated rings. The second-order valence-corrected chi connectivity index (χ2v) is 5.23. The number of nitrogens with zero attached hydrogens (tertiary/aromatic N) is 2. The first-order valence-electron chi connectivity index (χ1n) is 7.20. The van der Waals surface area contributed by atoms with Crippen molar-refractivity contribution in [1.82, 2.24) is 10.1 Å². The zero-order valence-electron chi connectivity index (χ0n) is 12.6. The molecule has 0 aliphatic carbocycles. The van der Waals surface area contributed by atoms with E-state index in [1.165, 1.54) is 0 Å². The molecule has 0 saturated heterocycles. The normalized spacial score (nSPS) is 10.8. The fraction of sp³-hybridized carbons (Fsp3) is 0.235. The zero-order chi connectivity index (χ0) is 15.5. The van der Waals surface area contributed by atoms with Crippen molar-refractivity contribution in [2.24, 2.45) is 0 Å². The first-order chi connectivity index (χ1) is 10.6. The Balaban J connectivity index is 1.71. The predicted molar refractivity (Wildman–Crippen MR) is 84.7 cm³/mol. The number of amides is 1. The number of anilines is 1. The Morgan fingerprint density at radius 2 is 2.05 bits per heavy atom. The highest BCUT2D eigenvalue weighted by Crippen LogP contribution is 2.21. The van der Waals surface area contributed by atoms with E-state index in [9.17, 15) is 4.79 Å². The van der Waals surface area contributed by atoms with E-state index in [2.05, 4.69) is 15.5 Å². The molecule has 5 nitrogen and oxygen atoms in total. The maximum atomic E-state index is 12.2. The lowest BCUT2D eigenvalue weighted by atomic mass is 10.1. The molecule has 22 heavy (non-hydrogen) atoms. The first-order valence-corrected chi connectivity index (χ1v) is 7.20. The van der Waals surface area contributed by atoms with Crippen LogP contribution in [0.5, 0.6) is 0 Å². The van der Waals surface area contributed by atoms with Crippen molar-refractivity contribution in [2.45, 2.75) is 26.7 Å². The summed E-state index contributed by atoms with van der Waals surface area (Å²) in [5, 5.41) is 7.84. The van der Waals surface area contributed by atoms with Gasteiger partial charge in [-0.3, -0.25) is 9.78 Å². The third kappa shape index (κ3) is 2.83. The molecule has 5 heteroatoms. The fourth-order valence-corrected chi connectivity index (χ4v) is 2.52. The number of nitrogens with one attached hydrogen (secondary N) is 1. The highest BCUT2D eigenvalue weighted by Gasteiger charge is 2.12. The summed E-state index contributed by atoms with van der Waals surface area (Å²) in [7, 11) is 0. The van der Waals surface area contributed by atoms with E-state index in [1.807, 2.05) is 44.2 Å². The fourth-order valence-electron chi connectivity index (χ4n) is 2.52. The van der Waals surface area contributed by atoms with Crippen LogP contribution in [-0.4, -0.2) is 16.0 Å². The first kappa shape index (κ1) is 14.3. The SMILES string of the molecule is Cc1noc(C)c1CCC(=O)Nc1cccc2cccnc12. The van der Waals surface area contributed by atoms with Gasteiger partial charge in [-0.05, 0) is 32.4 Å². The molecular formula is C17H17N3O2. The van der Waals surface area contributed by atoms with Gasteiger partial charge in [0.15, 0.2) is 0 Å². The van der Waals surface area contributed by atoms with Gasteiger partial charge in [-0.15, -0.1) is 0 Å². The van der Waals surface area contributed by atoms with Gasteiger partial charge in [0.1, 0.15) is 5.76 Å². The predicted octanol–water partition coefficient (Wildman–Crippen LogP) is 3.41. The van der Waals surface area contributed by atoms with Crippen LogP contribution in [0.25, 0.3) is 10.9 Å². The molecule has 0 atom stereocenters. The van der Waals surface area contributed by atoms with Crippen molar-refractivity contribution < 1.29 is 9.32 Å². The number of benzene rings is 1. The molecule has 112 valence electrons. The molecule has 0 aliphatic rings. The van der Waals surface area contributed by atoms with Gasteiger partial charge >= 0.3 is 0 Å². The lowest BCUT2D eigenvalue weighted by Crippen LogP contribution is -2.13. The highest BCUT2D eigenvalue weighted by atomic mass is 16.5. The third-order valence-electron chi connectivity index (χ3n) is 3.69. The number of para-hydroxylation sites is 1. The van der Waals surface area contributed by atoms with Gasteiger partial charge in [0.05, 0.1) is 16.9 Å². The Morgan fingerprint density at radius 3 is 2.82 bits per heavy atom. The summed E-state index contributed by atoms with van der Waals surface area (Å²) in [6, 6.07) is 9.60. The van der Waals surface area contributed by atoms with Crippen LogP contribution in [0.2, 0.25) is 0 Å². The van der Waals surface area contributed by atoms with Crippen LogP contribution in [0.3, 0.4) is 0 Å². The van der Waals surface area contributed by atoms with Crippen LogP contribution in [0.1, 0.15) is 23.4 Å². The van der Waals surface area contributed by atoms with Crippen LogP contribution in [0.15, 0.2) is 41.1 Å². The topological polar surface area (TPSA) is 68.0 Å². The van der Waals surface area contributed by atoms with Gasteiger partial charge in [0.2, 0.25) is 5.91 Å². The van der Waals surface area contributed by atoms with E-state index >= 15 is 0 Å². The molecule has 0 bridgehead atoms. The molecule has 0 unspecified atom stereocenters. The smallest absolute Gasteiger partial charge is 0.224 e. The lowest BCUT2D eigenvalue weighted by molar-refractivity contribution is -0.116. The Hall–Kier alpha value is -2.69. The number of pyridine rings is 1. The van der Waals surface area contributed by atoms with E-state index in [4.69, 9.17) is 4.52 Å². The summed E-state index contributed by atoms with van der Waals surface area (Å²) in [6.07, 6.45) is 2.72. The average molecular weight is 295 g/mol. The highest BCUT2D eigenvalue weighted by molar-refractivity contribution is 6.00. The molecule has 0 radical (unpaired) electrons. The third-order valence-corrected chi connectivity index (χ3v) is 3.69. The zero-order valence-corrected chi connectivity index (χ0v) is 12.6. The summed E-state index contributed by atoms with van der Waals surface area (Å²) in [4.78, 5) is 16.5. The molecule has 0 saturated carbocycles. The molecular weight excluding hydrogens is 278 g/mol. The molecule has 0 spiro atoms. The summed E-state index contributed by atoms with van der Waals surface area (Å²) in [6.45, 7) is 3.75. The molecule has 1 amide bonds.